The number of nitrogens with zero attached hydrogens (tertiary/aromatic N) is 1. The summed E-state index contributed by atoms with van der Waals surface area (Å²) >= 11 is 0. The predicted octanol–water partition coefficient (Wildman–Crippen LogP) is 7.14. The first-order valence-electron chi connectivity index (χ1n) is 13.4. The molecule has 3 fully saturated rings. The molecule has 0 N–H and O–H groups in total. The molecule has 218 valence electrons. The average molecular weight is 574 g/mol. The maximum absolute atomic E-state index is 13.8. The van der Waals surface area contributed by atoms with Crippen LogP contribution >= 0.6 is 0 Å². The standard InChI is InChI=1S/C29H30F7NO3/c1-16(19-10-21(28(31,32)33)14-22(11-19)29(34,35)36)40-25-15-37-24(27(25)18-2-4-23(30)5-3-18)12-20(13-26(37)38)17-6-8-39-9-7-17/h2-5,10-11,14,16-17,20,24-25,27H,6-9,12-13,15H2,1H3/t16-,20?,24?,25+,27?/m1/s1. The molecule has 0 radical (unpaired) electrons. The van der Waals surface area contributed by atoms with E-state index in [-0.39, 0.29) is 36.0 Å². The van der Waals surface area contributed by atoms with Crippen LogP contribution in [0.15, 0.2) is 42.5 Å². The molecular formula is C29H30F7NO3. The van der Waals surface area contributed by atoms with Gasteiger partial charge in [0.05, 0.1) is 23.3 Å². The fourth-order valence-electron chi connectivity index (χ4n) is 6.53. The molecule has 2 aromatic rings. The zero-order valence-corrected chi connectivity index (χ0v) is 21.8. The van der Waals surface area contributed by atoms with Crippen LogP contribution in [0, 0.1) is 17.7 Å². The number of ether oxygens (including phenoxy) is 2. The molecule has 11 heteroatoms. The van der Waals surface area contributed by atoms with Crippen LogP contribution in [-0.2, 0) is 26.6 Å². The Morgan fingerprint density at radius 3 is 2.10 bits per heavy atom. The van der Waals surface area contributed by atoms with Crippen LogP contribution in [0.3, 0.4) is 0 Å². The Morgan fingerprint density at radius 1 is 0.925 bits per heavy atom. The molecule has 5 rings (SSSR count). The van der Waals surface area contributed by atoms with Crippen molar-refractivity contribution in [1.29, 1.82) is 0 Å². The second kappa shape index (κ2) is 11.0. The van der Waals surface area contributed by atoms with E-state index in [9.17, 15) is 35.5 Å². The van der Waals surface area contributed by atoms with Gasteiger partial charge in [-0.25, -0.2) is 4.39 Å². The smallest absolute Gasteiger partial charge is 0.381 e. The van der Waals surface area contributed by atoms with Crippen molar-refractivity contribution in [3.05, 3.63) is 70.5 Å². The van der Waals surface area contributed by atoms with Gasteiger partial charge in [-0.05, 0) is 79.5 Å². The Morgan fingerprint density at radius 2 is 1.52 bits per heavy atom. The average Bonchev–Trinajstić information content (AvgIpc) is 3.26. The Bertz CT molecular complexity index is 1180. The number of amides is 1. The Kier molecular flexibility index (Phi) is 7.91. The highest BCUT2D eigenvalue weighted by molar-refractivity contribution is 5.78. The summed E-state index contributed by atoms with van der Waals surface area (Å²) in [6, 6.07) is 6.91. The van der Waals surface area contributed by atoms with Crippen molar-refractivity contribution < 1.29 is 45.0 Å². The van der Waals surface area contributed by atoms with Crippen LogP contribution in [-0.4, -0.2) is 42.7 Å². The van der Waals surface area contributed by atoms with E-state index in [4.69, 9.17) is 9.47 Å². The fraction of sp³-hybridized carbons (Fsp3) is 0.552. The van der Waals surface area contributed by atoms with Crippen molar-refractivity contribution in [2.45, 2.75) is 69.1 Å². The summed E-state index contributed by atoms with van der Waals surface area (Å²) in [5, 5.41) is 0. The summed E-state index contributed by atoms with van der Waals surface area (Å²) in [6.45, 7) is 2.80. The molecule has 5 atom stereocenters. The highest BCUT2D eigenvalue weighted by atomic mass is 19.4. The topological polar surface area (TPSA) is 38.8 Å². The van der Waals surface area contributed by atoms with E-state index < -0.39 is 47.4 Å². The Balaban J connectivity index is 1.46. The third-order valence-electron chi connectivity index (χ3n) is 8.54. The molecule has 3 unspecified atom stereocenters. The van der Waals surface area contributed by atoms with E-state index in [1.165, 1.54) is 19.1 Å². The minimum Gasteiger partial charge on any atom is -0.381 e. The molecule has 2 aromatic carbocycles. The summed E-state index contributed by atoms with van der Waals surface area (Å²) in [5.74, 6) is -0.500. The van der Waals surface area contributed by atoms with E-state index in [0.717, 1.165) is 12.8 Å². The van der Waals surface area contributed by atoms with Gasteiger partial charge in [0, 0.05) is 38.1 Å². The summed E-state index contributed by atoms with van der Waals surface area (Å²) in [5.41, 5.74) is -2.40. The molecule has 0 aliphatic carbocycles. The first-order valence-corrected chi connectivity index (χ1v) is 13.4. The summed E-state index contributed by atoms with van der Waals surface area (Å²) in [6.07, 6.45) is -9.08. The van der Waals surface area contributed by atoms with Gasteiger partial charge in [-0.2, -0.15) is 26.3 Å². The van der Waals surface area contributed by atoms with Crippen LogP contribution in [0.2, 0.25) is 0 Å². The lowest BCUT2D eigenvalue weighted by atomic mass is 9.74. The number of hydrogen-bond acceptors (Lipinski definition) is 3. The number of rotatable bonds is 5. The number of hydrogen-bond donors (Lipinski definition) is 0. The number of carbonyl (C=O) groups is 1. The molecule has 0 spiro atoms. The predicted molar refractivity (Wildman–Crippen MR) is 131 cm³/mol. The highest BCUT2D eigenvalue weighted by Gasteiger charge is 2.50. The molecule has 4 nitrogen and oxygen atoms in total. The van der Waals surface area contributed by atoms with Gasteiger partial charge in [-0.3, -0.25) is 4.79 Å². The minimum absolute atomic E-state index is 0.0583. The monoisotopic (exact) mass is 573 g/mol. The van der Waals surface area contributed by atoms with Crippen molar-refractivity contribution in [3.63, 3.8) is 0 Å². The second-order valence-electron chi connectivity index (χ2n) is 11.0. The third-order valence-corrected chi connectivity index (χ3v) is 8.54. The molecule has 0 aromatic heterocycles. The molecule has 3 heterocycles. The van der Waals surface area contributed by atoms with Gasteiger partial charge < -0.3 is 14.4 Å². The van der Waals surface area contributed by atoms with Gasteiger partial charge in [0.2, 0.25) is 5.91 Å². The second-order valence-corrected chi connectivity index (χ2v) is 11.0. The van der Waals surface area contributed by atoms with E-state index in [1.807, 2.05) is 0 Å². The SMILES string of the molecule is C[C@@H](O[C@H]1CN2C(=O)CC(C3CCOCC3)CC2C1c1ccc(F)cc1)c1cc(C(F)(F)F)cc(C(F)(F)F)c1. The molecule has 3 aliphatic rings. The summed E-state index contributed by atoms with van der Waals surface area (Å²) < 4.78 is 106. The number of alkyl halides is 6. The number of fused-ring (bicyclic) bond motifs is 1. The zero-order chi connectivity index (χ0) is 28.8. The van der Waals surface area contributed by atoms with Crippen LogP contribution < -0.4 is 0 Å². The van der Waals surface area contributed by atoms with Gasteiger partial charge in [0.25, 0.3) is 0 Å². The quantitative estimate of drug-likeness (QED) is 0.357. The molecule has 0 saturated carbocycles. The van der Waals surface area contributed by atoms with Crippen LogP contribution in [0.1, 0.15) is 66.9 Å². The lowest BCUT2D eigenvalue weighted by Gasteiger charge is -2.41. The van der Waals surface area contributed by atoms with E-state index in [2.05, 4.69) is 0 Å². The van der Waals surface area contributed by atoms with Gasteiger partial charge >= 0.3 is 12.4 Å². The van der Waals surface area contributed by atoms with Crippen LogP contribution in [0.4, 0.5) is 30.7 Å². The Labute approximate surface area is 227 Å². The largest absolute Gasteiger partial charge is 0.416 e. The summed E-state index contributed by atoms with van der Waals surface area (Å²) in [7, 11) is 0. The van der Waals surface area contributed by atoms with Crippen molar-refractivity contribution >= 4 is 5.91 Å². The normalized spacial score (nSPS) is 27.1. The molecule has 1 amide bonds. The molecule has 3 aliphatic heterocycles. The van der Waals surface area contributed by atoms with Crippen molar-refractivity contribution in [2.75, 3.05) is 19.8 Å². The third kappa shape index (κ3) is 6.00. The lowest BCUT2D eigenvalue weighted by molar-refractivity contribution is -0.143. The summed E-state index contributed by atoms with van der Waals surface area (Å²) in [4.78, 5) is 15.0. The van der Waals surface area contributed by atoms with E-state index in [1.54, 1.807) is 17.0 Å². The molecular weight excluding hydrogens is 543 g/mol. The number of halogens is 7. The first kappa shape index (κ1) is 28.9. The van der Waals surface area contributed by atoms with Crippen molar-refractivity contribution in [3.8, 4) is 0 Å². The minimum atomic E-state index is -4.98. The van der Waals surface area contributed by atoms with E-state index in [0.29, 0.717) is 49.7 Å². The fourth-order valence-corrected chi connectivity index (χ4v) is 6.53. The number of piperidine rings is 1. The van der Waals surface area contributed by atoms with E-state index >= 15 is 0 Å². The number of carbonyl (C=O) groups excluding carboxylic acids is 1. The molecule has 0 bridgehead atoms. The maximum Gasteiger partial charge on any atom is 0.416 e. The molecule has 40 heavy (non-hydrogen) atoms. The van der Waals surface area contributed by atoms with Crippen molar-refractivity contribution in [2.24, 2.45) is 11.8 Å². The van der Waals surface area contributed by atoms with Crippen molar-refractivity contribution in [1.82, 2.24) is 4.90 Å². The molecule has 3 saturated heterocycles. The first-order chi connectivity index (χ1) is 18.8. The van der Waals surface area contributed by atoms with Gasteiger partial charge in [0.1, 0.15) is 5.82 Å². The lowest BCUT2D eigenvalue weighted by Crippen LogP contribution is -2.46. The van der Waals surface area contributed by atoms with Gasteiger partial charge in [-0.1, -0.05) is 12.1 Å². The highest BCUT2D eigenvalue weighted by Crippen LogP contribution is 2.47. The van der Waals surface area contributed by atoms with Crippen LogP contribution in [0.25, 0.3) is 0 Å². The maximum atomic E-state index is 13.8. The van der Waals surface area contributed by atoms with Gasteiger partial charge in [0.15, 0.2) is 0 Å². The van der Waals surface area contributed by atoms with Crippen LogP contribution in [0.5, 0.6) is 0 Å². The number of benzene rings is 2. The zero-order valence-electron chi connectivity index (χ0n) is 21.8. The van der Waals surface area contributed by atoms with Gasteiger partial charge in [-0.15, -0.1) is 0 Å². The Hall–Kier alpha value is -2.66.